The number of aromatic nitrogens is 1. The maximum absolute atomic E-state index is 12.4. The van der Waals surface area contributed by atoms with Crippen LogP contribution < -0.4 is 10.5 Å². The van der Waals surface area contributed by atoms with Gasteiger partial charge >= 0.3 is 0 Å². The fraction of sp³-hybridized carbons (Fsp3) is 0.615. The molecule has 1 atom stereocenters. The first-order valence-corrected chi connectivity index (χ1v) is 10.5. The van der Waals surface area contributed by atoms with Gasteiger partial charge < -0.3 is 5.73 Å². The molecule has 0 saturated heterocycles. The first-order valence-electron chi connectivity index (χ1n) is 7.12. The minimum atomic E-state index is -3.76. The molecule has 7 nitrogen and oxygen atoms in total. The van der Waals surface area contributed by atoms with Crippen molar-refractivity contribution in [1.82, 2.24) is 9.71 Å². The van der Waals surface area contributed by atoms with E-state index in [1.54, 1.807) is 0 Å². The SMILES string of the molecule is CS(=O)(=O)c1ccc(S(=O)(=O)NC(CN)C2CCCC2)cn1. The van der Waals surface area contributed by atoms with Gasteiger partial charge in [0.05, 0.1) is 0 Å². The number of nitrogens with one attached hydrogen (secondary N) is 1. The van der Waals surface area contributed by atoms with E-state index in [1.165, 1.54) is 12.1 Å². The molecule has 124 valence electrons. The van der Waals surface area contributed by atoms with Gasteiger partial charge in [-0.2, -0.15) is 0 Å². The molecule has 0 bridgehead atoms. The first kappa shape index (κ1) is 17.3. The van der Waals surface area contributed by atoms with E-state index in [2.05, 4.69) is 9.71 Å². The van der Waals surface area contributed by atoms with E-state index < -0.39 is 19.9 Å². The molecule has 0 aliphatic heterocycles. The highest BCUT2D eigenvalue weighted by Gasteiger charge is 2.28. The maximum Gasteiger partial charge on any atom is 0.242 e. The lowest BCUT2D eigenvalue weighted by Crippen LogP contribution is -2.44. The Hall–Kier alpha value is -1.03. The van der Waals surface area contributed by atoms with E-state index in [0.717, 1.165) is 38.1 Å². The number of hydrogen-bond donors (Lipinski definition) is 2. The quantitative estimate of drug-likeness (QED) is 0.763. The Morgan fingerprint density at radius 1 is 1.27 bits per heavy atom. The zero-order valence-electron chi connectivity index (χ0n) is 12.4. The van der Waals surface area contributed by atoms with Crippen molar-refractivity contribution in [3.8, 4) is 0 Å². The number of hydrogen-bond acceptors (Lipinski definition) is 6. The maximum atomic E-state index is 12.4. The molecule has 1 fully saturated rings. The summed E-state index contributed by atoms with van der Waals surface area (Å²) in [5, 5.41) is -0.155. The fourth-order valence-electron chi connectivity index (χ4n) is 2.71. The van der Waals surface area contributed by atoms with Crippen LogP contribution in [0.2, 0.25) is 0 Å². The summed E-state index contributed by atoms with van der Waals surface area (Å²) in [6, 6.07) is 2.13. The summed E-state index contributed by atoms with van der Waals surface area (Å²) in [5.74, 6) is 0.253. The standard InChI is InChI=1S/C13H21N3O4S2/c1-21(17,18)13-7-6-11(9-15-13)22(19,20)16-12(8-14)10-4-2-3-5-10/h6-7,9-10,12,16H,2-5,8,14H2,1H3. The smallest absolute Gasteiger partial charge is 0.242 e. The van der Waals surface area contributed by atoms with Crippen molar-refractivity contribution in [3.63, 3.8) is 0 Å². The molecule has 0 aromatic carbocycles. The van der Waals surface area contributed by atoms with Gasteiger partial charge in [-0.3, -0.25) is 0 Å². The zero-order chi connectivity index (χ0) is 16.4. The van der Waals surface area contributed by atoms with Crippen LogP contribution in [0.3, 0.4) is 0 Å². The second kappa shape index (κ2) is 6.61. The fourth-order valence-corrected chi connectivity index (χ4v) is 4.53. The van der Waals surface area contributed by atoms with Gasteiger partial charge in [-0.25, -0.2) is 26.5 Å². The van der Waals surface area contributed by atoms with Crippen LogP contribution in [0.1, 0.15) is 25.7 Å². The van der Waals surface area contributed by atoms with E-state index in [0.29, 0.717) is 0 Å². The minimum absolute atomic E-state index is 0.0589. The van der Waals surface area contributed by atoms with Crippen molar-refractivity contribution in [2.24, 2.45) is 11.7 Å². The summed E-state index contributed by atoms with van der Waals surface area (Å²) < 4.78 is 50.0. The monoisotopic (exact) mass is 347 g/mol. The van der Waals surface area contributed by atoms with Gasteiger partial charge in [0.2, 0.25) is 10.0 Å². The van der Waals surface area contributed by atoms with Crippen LogP contribution in [-0.2, 0) is 19.9 Å². The number of nitrogens with two attached hydrogens (primary N) is 1. The Bertz CT molecular complexity index is 708. The average Bonchev–Trinajstić information content (AvgIpc) is 2.98. The van der Waals surface area contributed by atoms with Gasteiger partial charge in [0.15, 0.2) is 14.9 Å². The van der Waals surface area contributed by atoms with Crippen LogP contribution in [0.25, 0.3) is 0 Å². The van der Waals surface area contributed by atoms with Gasteiger partial charge in [-0.15, -0.1) is 0 Å². The molecule has 9 heteroatoms. The normalized spacial score (nSPS) is 18.5. The average molecular weight is 347 g/mol. The number of sulfone groups is 1. The van der Waals surface area contributed by atoms with Crippen molar-refractivity contribution < 1.29 is 16.8 Å². The van der Waals surface area contributed by atoms with Crippen molar-refractivity contribution in [3.05, 3.63) is 18.3 Å². The van der Waals surface area contributed by atoms with Crippen LogP contribution in [0, 0.1) is 5.92 Å². The van der Waals surface area contributed by atoms with Crippen molar-refractivity contribution in [1.29, 1.82) is 0 Å². The molecule has 3 N–H and O–H groups in total. The molecular weight excluding hydrogens is 326 g/mol. The third-order valence-corrected chi connectivity index (χ3v) is 6.41. The number of pyridine rings is 1. The van der Waals surface area contributed by atoms with Crippen LogP contribution in [-0.4, -0.2) is 40.7 Å². The molecule has 22 heavy (non-hydrogen) atoms. The Kier molecular flexibility index (Phi) is 5.21. The molecule has 1 aliphatic carbocycles. The summed E-state index contributed by atoms with van der Waals surface area (Å²) in [6.45, 7) is 0.235. The number of rotatable bonds is 6. The van der Waals surface area contributed by atoms with E-state index in [1.807, 2.05) is 0 Å². The second-order valence-electron chi connectivity index (χ2n) is 5.61. The molecule has 1 aromatic rings. The number of sulfonamides is 1. The summed E-state index contributed by atoms with van der Waals surface area (Å²) >= 11 is 0. The predicted molar refractivity (Wildman–Crippen MR) is 82.5 cm³/mol. The molecule has 1 aromatic heterocycles. The second-order valence-corrected chi connectivity index (χ2v) is 9.29. The van der Waals surface area contributed by atoms with Gasteiger partial charge in [0.1, 0.15) is 4.90 Å². The molecule has 1 unspecified atom stereocenters. The molecule has 0 radical (unpaired) electrons. The van der Waals surface area contributed by atoms with Crippen molar-refractivity contribution >= 4 is 19.9 Å². The summed E-state index contributed by atoms with van der Waals surface area (Å²) in [7, 11) is -7.21. The molecule has 2 rings (SSSR count). The predicted octanol–water partition coefficient (Wildman–Crippen LogP) is 0.281. The zero-order valence-corrected chi connectivity index (χ0v) is 14.0. The highest BCUT2D eigenvalue weighted by atomic mass is 32.2. The molecular formula is C13H21N3O4S2. The third kappa shape index (κ3) is 4.03. The Morgan fingerprint density at radius 2 is 1.91 bits per heavy atom. The lowest BCUT2D eigenvalue weighted by molar-refractivity contribution is 0.405. The molecule has 1 heterocycles. The third-order valence-electron chi connectivity index (χ3n) is 3.93. The molecule has 0 amide bonds. The summed E-state index contributed by atoms with van der Waals surface area (Å²) in [4.78, 5) is 3.65. The Balaban J connectivity index is 2.18. The van der Waals surface area contributed by atoms with Crippen LogP contribution in [0.5, 0.6) is 0 Å². The highest BCUT2D eigenvalue weighted by molar-refractivity contribution is 7.90. The first-order chi connectivity index (χ1) is 10.2. The van der Waals surface area contributed by atoms with E-state index in [4.69, 9.17) is 5.73 Å². The van der Waals surface area contributed by atoms with Crippen LogP contribution >= 0.6 is 0 Å². The lowest BCUT2D eigenvalue weighted by atomic mass is 9.99. The van der Waals surface area contributed by atoms with E-state index in [9.17, 15) is 16.8 Å². The largest absolute Gasteiger partial charge is 0.329 e. The summed E-state index contributed by atoms with van der Waals surface area (Å²) in [6.07, 6.45) is 6.19. The van der Waals surface area contributed by atoms with Gasteiger partial charge in [0, 0.05) is 25.0 Å². The van der Waals surface area contributed by atoms with Gasteiger partial charge in [-0.05, 0) is 30.9 Å². The van der Waals surface area contributed by atoms with Gasteiger partial charge in [0.25, 0.3) is 0 Å². The van der Waals surface area contributed by atoms with E-state index in [-0.39, 0.29) is 28.4 Å². The lowest BCUT2D eigenvalue weighted by Gasteiger charge is -2.22. The number of nitrogens with zero attached hydrogens (tertiary/aromatic N) is 1. The van der Waals surface area contributed by atoms with E-state index >= 15 is 0 Å². The highest BCUT2D eigenvalue weighted by Crippen LogP contribution is 2.28. The van der Waals surface area contributed by atoms with Crippen LogP contribution in [0.15, 0.2) is 28.3 Å². The molecule has 1 aliphatic rings. The summed E-state index contributed by atoms with van der Waals surface area (Å²) in [5.41, 5.74) is 5.70. The van der Waals surface area contributed by atoms with Crippen molar-refractivity contribution in [2.75, 3.05) is 12.8 Å². The minimum Gasteiger partial charge on any atom is -0.329 e. The Labute approximate surface area is 131 Å². The topological polar surface area (TPSA) is 119 Å². The molecule has 1 saturated carbocycles. The molecule has 0 spiro atoms. The Morgan fingerprint density at radius 3 is 2.36 bits per heavy atom. The van der Waals surface area contributed by atoms with Crippen molar-refractivity contribution in [2.45, 2.75) is 41.6 Å². The van der Waals surface area contributed by atoms with Crippen LogP contribution in [0.4, 0.5) is 0 Å². The van der Waals surface area contributed by atoms with Gasteiger partial charge in [-0.1, -0.05) is 12.8 Å².